The van der Waals surface area contributed by atoms with E-state index < -0.39 is 0 Å². The van der Waals surface area contributed by atoms with Crippen LogP contribution in [0.3, 0.4) is 0 Å². The van der Waals surface area contributed by atoms with Gasteiger partial charge in [0.1, 0.15) is 0 Å². The number of nitrogens with one attached hydrogen (secondary N) is 2. The molecule has 0 spiro atoms. The van der Waals surface area contributed by atoms with Gasteiger partial charge in [0.25, 0.3) is 0 Å². The summed E-state index contributed by atoms with van der Waals surface area (Å²) >= 11 is 0. The second kappa shape index (κ2) is 12.3. The average Bonchev–Trinajstić information content (AvgIpc) is 2.79. The number of hydrogen-bond donors (Lipinski definition) is 3. The van der Waals surface area contributed by atoms with Crippen LogP contribution in [-0.4, -0.2) is 67.9 Å². The third-order valence-corrected chi connectivity index (χ3v) is 6.49. The SMILES string of the molecule is CCNC(=NCc1ccc(N2CCC(CO)CC2)cc1)NC1CCN(CC(C)C)CC1. The predicted octanol–water partition coefficient (Wildman–Crippen LogP) is 3.07. The van der Waals surface area contributed by atoms with E-state index in [4.69, 9.17) is 4.99 Å². The molecule has 0 atom stereocenters. The lowest BCUT2D eigenvalue weighted by atomic mass is 9.97. The Morgan fingerprint density at radius 1 is 1.06 bits per heavy atom. The van der Waals surface area contributed by atoms with Gasteiger partial charge in [-0.05, 0) is 62.1 Å². The Morgan fingerprint density at radius 2 is 1.74 bits per heavy atom. The Kier molecular flexibility index (Phi) is 9.47. The quantitative estimate of drug-likeness (QED) is 0.438. The molecule has 2 heterocycles. The minimum Gasteiger partial charge on any atom is -0.396 e. The van der Waals surface area contributed by atoms with Crippen LogP contribution in [0.4, 0.5) is 5.69 Å². The number of piperidine rings is 2. The van der Waals surface area contributed by atoms with Crippen molar-refractivity contribution in [3.8, 4) is 0 Å². The fourth-order valence-electron chi connectivity index (χ4n) is 4.65. The first-order valence-electron chi connectivity index (χ1n) is 12.3. The highest BCUT2D eigenvalue weighted by Crippen LogP contribution is 2.23. The van der Waals surface area contributed by atoms with Gasteiger partial charge in [0.05, 0.1) is 6.54 Å². The van der Waals surface area contributed by atoms with Gasteiger partial charge in [0.2, 0.25) is 0 Å². The maximum Gasteiger partial charge on any atom is 0.191 e. The van der Waals surface area contributed by atoms with E-state index in [1.807, 2.05) is 0 Å². The van der Waals surface area contributed by atoms with Crippen molar-refractivity contribution in [3.05, 3.63) is 29.8 Å². The summed E-state index contributed by atoms with van der Waals surface area (Å²) in [4.78, 5) is 9.86. The van der Waals surface area contributed by atoms with Crippen molar-refractivity contribution in [3.63, 3.8) is 0 Å². The average molecular weight is 430 g/mol. The molecule has 2 aliphatic rings. The van der Waals surface area contributed by atoms with Crippen molar-refractivity contribution in [2.45, 2.75) is 59.0 Å². The van der Waals surface area contributed by atoms with Crippen LogP contribution in [0.25, 0.3) is 0 Å². The van der Waals surface area contributed by atoms with E-state index in [1.54, 1.807) is 0 Å². The van der Waals surface area contributed by atoms with Crippen LogP contribution in [0, 0.1) is 11.8 Å². The Morgan fingerprint density at radius 3 is 2.32 bits per heavy atom. The number of hydrogen-bond acceptors (Lipinski definition) is 4. The van der Waals surface area contributed by atoms with Gasteiger partial charge >= 0.3 is 0 Å². The standard InChI is InChI=1S/C25H43N5O/c1-4-26-25(28-23-11-13-29(14-12-23)18-20(2)3)27-17-21-5-7-24(8-6-21)30-15-9-22(19-31)10-16-30/h5-8,20,22-23,31H,4,9-19H2,1-3H3,(H2,26,27,28). The fourth-order valence-corrected chi connectivity index (χ4v) is 4.65. The van der Waals surface area contributed by atoms with Gasteiger partial charge in [-0.3, -0.25) is 0 Å². The zero-order chi connectivity index (χ0) is 22.1. The molecule has 31 heavy (non-hydrogen) atoms. The third kappa shape index (κ3) is 7.69. The van der Waals surface area contributed by atoms with Crippen molar-refractivity contribution in [1.29, 1.82) is 0 Å². The number of benzene rings is 1. The highest BCUT2D eigenvalue weighted by molar-refractivity contribution is 5.80. The summed E-state index contributed by atoms with van der Waals surface area (Å²) in [7, 11) is 0. The molecule has 2 saturated heterocycles. The molecule has 0 unspecified atom stereocenters. The number of likely N-dealkylation sites (tertiary alicyclic amines) is 1. The van der Waals surface area contributed by atoms with Crippen molar-refractivity contribution >= 4 is 11.6 Å². The van der Waals surface area contributed by atoms with Crippen LogP contribution >= 0.6 is 0 Å². The first-order chi connectivity index (χ1) is 15.1. The molecule has 6 nitrogen and oxygen atoms in total. The number of nitrogens with zero attached hydrogens (tertiary/aromatic N) is 3. The molecule has 0 aliphatic carbocycles. The lowest BCUT2D eigenvalue weighted by molar-refractivity contribution is 0.187. The Bertz CT molecular complexity index is 659. The van der Waals surface area contributed by atoms with E-state index >= 15 is 0 Å². The summed E-state index contributed by atoms with van der Waals surface area (Å²) in [5.74, 6) is 2.14. The highest BCUT2D eigenvalue weighted by atomic mass is 16.3. The van der Waals surface area contributed by atoms with Gasteiger partial charge in [-0.25, -0.2) is 4.99 Å². The van der Waals surface area contributed by atoms with E-state index in [9.17, 15) is 5.11 Å². The minimum atomic E-state index is 0.323. The summed E-state index contributed by atoms with van der Waals surface area (Å²) in [6.45, 7) is 14.2. The first kappa shape index (κ1) is 23.9. The van der Waals surface area contributed by atoms with Gasteiger partial charge < -0.3 is 25.5 Å². The zero-order valence-corrected chi connectivity index (χ0v) is 19.8. The number of aliphatic hydroxyl groups excluding tert-OH is 1. The van der Waals surface area contributed by atoms with Gasteiger partial charge in [-0.2, -0.15) is 0 Å². The number of aliphatic imine (C=N–C) groups is 1. The van der Waals surface area contributed by atoms with Crippen LogP contribution in [0.15, 0.2) is 29.3 Å². The largest absolute Gasteiger partial charge is 0.396 e. The molecule has 1 aromatic rings. The first-order valence-corrected chi connectivity index (χ1v) is 12.3. The number of aliphatic hydroxyl groups is 1. The summed E-state index contributed by atoms with van der Waals surface area (Å²) in [5.41, 5.74) is 2.51. The number of rotatable bonds is 8. The van der Waals surface area contributed by atoms with Gasteiger partial charge in [-0.1, -0.05) is 26.0 Å². The molecule has 174 valence electrons. The smallest absolute Gasteiger partial charge is 0.191 e. The van der Waals surface area contributed by atoms with Crippen LogP contribution in [-0.2, 0) is 6.54 Å². The van der Waals surface area contributed by atoms with E-state index in [0.29, 0.717) is 25.1 Å². The molecule has 2 fully saturated rings. The molecule has 1 aromatic carbocycles. The Labute approximate surface area is 189 Å². The van der Waals surface area contributed by atoms with Crippen molar-refractivity contribution in [1.82, 2.24) is 15.5 Å². The Balaban J connectivity index is 1.49. The Hall–Kier alpha value is -1.79. The second-order valence-electron chi connectivity index (χ2n) is 9.59. The lowest BCUT2D eigenvalue weighted by Gasteiger charge is -2.34. The van der Waals surface area contributed by atoms with E-state index in [-0.39, 0.29) is 0 Å². The fraction of sp³-hybridized carbons (Fsp3) is 0.720. The molecule has 6 heteroatoms. The van der Waals surface area contributed by atoms with E-state index in [2.05, 4.69) is 65.5 Å². The topological polar surface area (TPSA) is 63.1 Å². The highest BCUT2D eigenvalue weighted by Gasteiger charge is 2.21. The maximum absolute atomic E-state index is 9.33. The summed E-state index contributed by atoms with van der Waals surface area (Å²) < 4.78 is 0. The maximum atomic E-state index is 9.33. The van der Waals surface area contributed by atoms with Crippen LogP contribution in [0.1, 0.15) is 52.0 Å². The number of guanidine groups is 1. The molecule has 2 aliphatic heterocycles. The van der Waals surface area contributed by atoms with Crippen molar-refractivity contribution < 1.29 is 5.11 Å². The zero-order valence-electron chi connectivity index (χ0n) is 19.8. The molecule has 3 rings (SSSR count). The van der Waals surface area contributed by atoms with E-state index in [1.165, 1.54) is 43.7 Å². The second-order valence-corrected chi connectivity index (χ2v) is 9.59. The molecule has 0 aromatic heterocycles. The number of anilines is 1. The molecular formula is C25H43N5O. The summed E-state index contributed by atoms with van der Waals surface area (Å²) in [6, 6.07) is 9.34. The van der Waals surface area contributed by atoms with Gasteiger partial charge in [0.15, 0.2) is 5.96 Å². The molecule has 0 radical (unpaired) electrons. The molecule has 0 bridgehead atoms. The molecule has 0 amide bonds. The monoisotopic (exact) mass is 429 g/mol. The van der Waals surface area contributed by atoms with Gasteiger partial charge in [-0.15, -0.1) is 0 Å². The predicted molar refractivity (Wildman–Crippen MR) is 131 cm³/mol. The van der Waals surface area contributed by atoms with Crippen LogP contribution < -0.4 is 15.5 Å². The van der Waals surface area contributed by atoms with Crippen molar-refractivity contribution in [2.24, 2.45) is 16.8 Å². The summed E-state index contributed by atoms with van der Waals surface area (Å²) in [6.07, 6.45) is 4.52. The van der Waals surface area contributed by atoms with Crippen LogP contribution in [0.5, 0.6) is 0 Å². The lowest BCUT2D eigenvalue weighted by Crippen LogP contribution is -2.49. The molecule has 0 saturated carbocycles. The van der Waals surface area contributed by atoms with Gasteiger partial charge in [0, 0.05) is 57.6 Å². The summed E-state index contributed by atoms with van der Waals surface area (Å²) in [5, 5.41) is 16.4. The third-order valence-electron chi connectivity index (χ3n) is 6.49. The molecular weight excluding hydrogens is 386 g/mol. The van der Waals surface area contributed by atoms with E-state index in [0.717, 1.165) is 44.4 Å². The molecule has 3 N–H and O–H groups in total. The van der Waals surface area contributed by atoms with Crippen LogP contribution in [0.2, 0.25) is 0 Å². The minimum absolute atomic E-state index is 0.323. The normalized spacial score (nSPS) is 19.8. The van der Waals surface area contributed by atoms with Crippen molar-refractivity contribution in [2.75, 3.05) is 50.8 Å².